The summed E-state index contributed by atoms with van der Waals surface area (Å²) < 4.78 is 15.8. The second-order valence-corrected chi connectivity index (χ2v) is 3.98. The number of carbonyl (C=O) groups is 1. The number of carbonyl (C=O) groups excluding carboxylic acids is 1. The van der Waals surface area contributed by atoms with Gasteiger partial charge < -0.3 is 13.9 Å². The molecule has 6 heteroatoms. The maximum Gasteiger partial charge on any atom is 0.277 e. The molecule has 0 saturated carbocycles. The van der Waals surface area contributed by atoms with E-state index >= 15 is 0 Å². The molecule has 1 aromatic carbocycles. The standard InChI is InChI=1S/C15H16N2O4/c1-2-19-13-7-3-4-8-14(13)21-11-15(18)17-16-10-12-6-5-9-20-12/h3-10H,2,11H2,1H3,(H,17,18). The quantitative estimate of drug-likeness (QED) is 0.626. The fourth-order valence-corrected chi connectivity index (χ4v) is 1.55. The smallest absolute Gasteiger partial charge is 0.277 e. The number of nitrogens with zero attached hydrogens (tertiary/aromatic N) is 1. The van der Waals surface area contributed by atoms with Crippen LogP contribution in [0.3, 0.4) is 0 Å². The predicted octanol–water partition coefficient (Wildman–Crippen LogP) is 2.21. The van der Waals surface area contributed by atoms with E-state index in [9.17, 15) is 4.79 Å². The minimum atomic E-state index is -0.371. The summed E-state index contributed by atoms with van der Waals surface area (Å²) in [6.07, 6.45) is 2.93. The van der Waals surface area contributed by atoms with Gasteiger partial charge in [0.2, 0.25) is 0 Å². The number of furan rings is 1. The molecule has 0 aliphatic heterocycles. The van der Waals surface area contributed by atoms with Crippen LogP contribution in [0, 0.1) is 0 Å². The number of hydrogen-bond acceptors (Lipinski definition) is 5. The molecule has 2 rings (SSSR count). The van der Waals surface area contributed by atoms with E-state index in [1.807, 2.05) is 19.1 Å². The summed E-state index contributed by atoms with van der Waals surface area (Å²) in [7, 11) is 0. The molecule has 0 unspecified atom stereocenters. The number of para-hydroxylation sites is 2. The molecule has 2 aromatic rings. The van der Waals surface area contributed by atoms with Crippen LogP contribution < -0.4 is 14.9 Å². The lowest BCUT2D eigenvalue weighted by atomic mass is 10.3. The van der Waals surface area contributed by atoms with Crippen LogP contribution in [-0.2, 0) is 4.79 Å². The fourth-order valence-electron chi connectivity index (χ4n) is 1.55. The van der Waals surface area contributed by atoms with Crippen molar-refractivity contribution in [2.75, 3.05) is 13.2 Å². The van der Waals surface area contributed by atoms with Crippen LogP contribution in [0.5, 0.6) is 11.5 Å². The number of nitrogens with one attached hydrogen (secondary N) is 1. The third-order valence-corrected chi connectivity index (χ3v) is 2.43. The van der Waals surface area contributed by atoms with Crippen LogP contribution in [-0.4, -0.2) is 25.3 Å². The number of hydrogen-bond donors (Lipinski definition) is 1. The Bertz CT molecular complexity index is 593. The number of amides is 1. The first-order valence-corrected chi connectivity index (χ1v) is 6.49. The van der Waals surface area contributed by atoms with Crippen molar-refractivity contribution in [3.05, 3.63) is 48.4 Å². The van der Waals surface area contributed by atoms with Crippen LogP contribution in [0.2, 0.25) is 0 Å². The predicted molar refractivity (Wildman–Crippen MR) is 77.6 cm³/mol. The lowest BCUT2D eigenvalue weighted by molar-refractivity contribution is -0.123. The van der Waals surface area contributed by atoms with Gasteiger partial charge in [0.1, 0.15) is 5.76 Å². The SMILES string of the molecule is CCOc1ccccc1OCC(=O)NN=Cc1ccco1. The van der Waals surface area contributed by atoms with Gasteiger partial charge in [-0.05, 0) is 31.2 Å². The molecular weight excluding hydrogens is 272 g/mol. The summed E-state index contributed by atoms with van der Waals surface area (Å²) in [5, 5.41) is 3.76. The largest absolute Gasteiger partial charge is 0.490 e. The minimum absolute atomic E-state index is 0.153. The average Bonchev–Trinajstić information content (AvgIpc) is 3.00. The molecule has 0 atom stereocenters. The van der Waals surface area contributed by atoms with Crippen molar-refractivity contribution in [3.8, 4) is 11.5 Å². The molecule has 0 spiro atoms. The lowest BCUT2D eigenvalue weighted by Crippen LogP contribution is -2.24. The molecule has 0 aliphatic rings. The highest BCUT2D eigenvalue weighted by atomic mass is 16.5. The summed E-state index contributed by atoms with van der Waals surface area (Å²) in [5.41, 5.74) is 2.35. The summed E-state index contributed by atoms with van der Waals surface area (Å²) in [6.45, 7) is 2.26. The first-order valence-electron chi connectivity index (χ1n) is 6.49. The molecule has 1 N–H and O–H groups in total. The normalized spacial score (nSPS) is 10.5. The monoisotopic (exact) mass is 288 g/mol. The Hall–Kier alpha value is -2.76. The van der Waals surface area contributed by atoms with E-state index in [-0.39, 0.29) is 12.5 Å². The molecule has 1 amide bonds. The highest BCUT2D eigenvalue weighted by Gasteiger charge is 2.06. The van der Waals surface area contributed by atoms with Gasteiger partial charge in [0, 0.05) is 0 Å². The average molecular weight is 288 g/mol. The van der Waals surface area contributed by atoms with Gasteiger partial charge in [0.05, 0.1) is 19.1 Å². The van der Waals surface area contributed by atoms with Gasteiger partial charge >= 0.3 is 0 Å². The Balaban J connectivity index is 1.81. The van der Waals surface area contributed by atoms with Gasteiger partial charge in [0.15, 0.2) is 18.1 Å². The van der Waals surface area contributed by atoms with Crippen molar-refractivity contribution in [2.24, 2.45) is 5.10 Å². The highest BCUT2D eigenvalue weighted by Crippen LogP contribution is 2.26. The molecule has 0 saturated heterocycles. The molecular formula is C15H16N2O4. The van der Waals surface area contributed by atoms with E-state index in [2.05, 4.69) is 10.5 Å². The molecule has 0 fully saturated rings. The summed E-state index contributed by atoms with van der Waals surface area (Å²) in [4.78, 5) is 11.6. The number of benzene rings is 1. The minimum Gasteiger partial charge on any atom is -0.490 e. The van der Waals surface area contributed by atoms with E-state index in [4.69, 9.17) is 13.9 Å². The first-order chi connectivity index (χ1) is 10.3. The van der Waals surface area contributed by atoms with Crippen LogP contribution in [0.25, 0.3) is 0 Å². The van der Waals surface area contributed by atoms with Crippen molar-refractivity contribution in [1.82, 2.24) is 5.43 Å². The second kappa shape index (κ2) is 7.74. The lowest BCUT2D eigenvalue weighted by Gasteiger charge is -2.10. The van der Waals surface area contributed by atoms with Crippen molar-refractivity contribution < 1.29 is 18.7 Å². The van der Waals surface area contributed by atoms with Gasteiger partial charge in [0.25, 0.3) is 5.91 Å². The Morgan fingerprint density at radius 3 is 2.67 bits per heavy atom. The topological polar surface area (TPSA) is 73.1 Å². The van der Waals surface area contributed by atoms with Crippen LogP contribution in [0.15, 0.2) is 52.2 Å². The van der Waals surface area contributed by atoms with E-state index in [0.29, 0.717) is 23.9 Å². The number of hydrazone groups is 1. The van der Waals surface area contributed by atoms with Crippen molar-refractivity contribution in [2.45, 2.75) is 6.92 Å². The molecule has 1 aromatic heterocycles. The Kier molecular flexibility index (Phi) is 5.40. The van der Waals surface area contributed by atoms with Gasteiger partial charge in [-0.2, -0.15) is 5.10 Å². The Labute approximate surface area is 122 Å². The summed E-state index contributed by atoms with van der Waals surface area (Å²) >= 11 is 0. The fraction of sp³-hybridized carbons (Fsp3) is 0.200. The van der Waals surface area contributed by atoms with E-state index in [0.717, 1.165) is 0 Å². The molecule has 6 nitrogen and oxygen atoms in total. The second-order valence-electron chi connectivity index (χ2n) is 3.98. The van der Waals surface area contributed by atoms with Crippen LogP contribution in [0.4, 0.5) is 0 Å². The first kappa shape index (κ1) is 14.6. The van der Waals surface area contributed by atoms with Gasteiger partial charge in [-0.3, -0.25) is 4.79 Å². The molecule has 0 aliphatic carbocycles. The summed E-state index contributed by atoms with van der Waals surface area (Å²) in [6, 6.07) is 10.6. The maximum absolute atomic E-state index is 11.6. The van der Waals surface area contributed by atoms with Crippen molar-refractivity contribution in [1.29, 1.82) is 0 Å². The zero-order valence-electron chi connectivity index (χ0n) is 11.6. The van der Waals surface area contributed by atoms with E-state index in [1.54, 1.807) is 24.3 Å². The molecule has 21 heavy (non-hydrogen) atoms. The van der Waals surface area contributed by atoms with Gasteiger partial charge in [-0.1, -0.05) is 12.1 Å². The van der Waals surface area contributed by atoms with Crippen LogP contribution >= 0.6 is 0 Å². The number of ether oxygens (including phenoxy) is 2. The number of rotatable bonds is 7. The third-order valence-electron chi connectivity index (χ3n) is 2.43. The highest BCUT2D eigenvalue weighted by molar-refractivity contribution is 5.81. The molecule has 110 valence electrons. The van der Waals surface area contributed by atoms with Gasteiger partial charge in [-0.25, -0.2) is 5.43 Å². The van der Waals surface area contributed by atoms with Crippen molar-refractivity contribution >= 4 is 12.1 Å². The zero-order valence-corrected chi connectivity index (χ0v) is 11.6. The molecule has 0 bridgehead atoms. The summed E-state index contributed by atoms with van der Waals surface area (Å²) in [5.74, 6) is 1.30. The van der Waals surface area contributed by atoms with Crippen molar-refractivity contribution in [3.63, 3.8) is 0 Å². The third kappa shape index (κ3) is 4.68. The van der Waals surface area contributed by atoms with E-state index in [1.165, 1.54) is 12.5 Å². The Morgan fingerprint density at radius 2 is 2.00 bits per heavy atom. The van der Waals surface area contributed by atoms with E-state index < -0.39 is 0 Å². The molecule has 1 heterocycles. The van der Waals surface area contributed by atoms with Gasteiger partial charge in [-0.15, -0.1) is 0 Å². The zero-order chi connectivity index (χ0) is 14.9. The van der Waals surface area contributed by atoms with Crippen LogP contribution in [0.1, 0.15) is 12.7 Å². The Morgan fingerprint density at radius 1 is 1.24 bits per heavy atom. The maximum atomic E-state index is 11.6. The molecule has 0 radical (unpaired) electrons.